The molecular weight excluding hydrogens is 466 g/mol. The molecule has 2 aromatic rings. The van der Waals surface area contributed by atoms with Crippen LogP contribution in [-0.4, -0.2) is 25.4 Å². The number of benzene rings is 2. The van der Waals surface area contributed by atoms with E-state index in [1.807, 2.05) is 6.08 Å². The quantitative estimate of drug-likeness (QED) is 0.590. The van der Waals surface area contributed by atoms with Crippen molar-refractivity contribution < 1.29 is 40.6 Å². The van der Waals surface area contributed by atoms with Gasteiger partial charge >= 0.3 is 12.4 Å². The normalized spacial score (nSPS) is 18.1. The second-order valence-corrected chi connectivity index (χ2v) is 7.77. The molecule has 2 aromatic carbocycles. The highest BCUT2D eigenvalue weighted by Gasteiger charge is 2.37. The van der Waals surface area contributed by atoms with E-state index in [-0.39, 0.29) is 41.4 Å². The Kier molecular flexibility index (Phi) is 6.05. The van der Waals surface area contributed by atoms with Gasteiger partial charge in [0.2, 0.25) is 5.91 Å². The zero-order chi connectivity index (χ0) is 24.7. The lowest BCUT2D eigenvalue weighted by atomic mass is 9.85. The van der Waals surface area contributed by atoms with Crippen LogP contribution in [0.2, 0.25) is 0 Å². The van der Waals surface area contributed by atoms with Gasteiger partial charge in [0.25, 0.3) is 0 Å². The fourth-order valence-electron chi connectivity index (χ4n) is 3.90. The van der Waals surface area contributed by atoms with Gasteiger partial charge in [0.15, 0.2) is 11.5 Å². The molecule has 1 atom stereocenters. The zero-order valence-electron chi connectivity index (χ0n) is 17.7. The van der Waals surface area contributed by atoms with Crippen LogP contribution in [0.3, 0.4) is 0 Å². The molecule has 11 heteroatoms. The molecule has 1 unspecified atom stereocenters. The smallest absolute Gasteiger partial charge is 0.416 e. The van der Waals surface area contributed by atoms with E-state index in [0.29, 0.717) is 24.5 Å². The molecule has 2 heterocycles. The summed E-state index contributed by atoms with van der Waals surface area (Å²) in [4.78, 5) is 16.3. The van der Waals surface area contributed by atoms with Gasteiger partial charge in [-0.25, -0.2) is 0 Å². The SMILES string of the molecule is COc1cc(C2CC(=O)NC3=NCC=C32)ccc1OCc1cc(C(F)(F)F)cc(C(F)(F)F)c1. The highest BCUT2D eigenvalue weighted by atomic mass is 19.4. The molecule has 0 aromatic heterocycles. The molecule has 0 saturated carbocycles. The van der Waals surface area contributed by atoms with Crippen LogP contribution >= 0.6 is 0 Å². The maximum atomic E-state index is 13.1. The minimum absolute atomic E-state index is 0.0640. The number of amidine groups is 1. The van der Waals surface area contributed by atoms with Crippen molar-refractivity contribution in [2.24, 2.45) is 4.99 Å². The number of ether oxygens (including phenoxy) is 2. The minimum Gasteiger partial charge on any atom is -0.493 e. The highest BCUT2D eigenvalue weighted by molar-refractivity contribution is 6.12. The largest absolute Gasteiger partial charge is 0.493 e. The molecule has 2 aliphatic heterocycles. The molecular formula is C23H18F6N2O3. The van der Waals surface area contributed by atoms with E-state index in [1.165, 1.54) is 13.2 Å². The molecule has 5 nitrogen and oxygen atoms in total. The third-order valence-electron chi connectivity index (χ3n) is 5.49. The molecule has 4 rings (SSSR count). The van der Waals surface area contributed by atoms with E-state index in [4.69, 9.17) is 9.47 Å². The summed E-state index contributed by atoms with van der Waals surface area (Å²) in [6, 6.07) is 6.10. The highest BCUT2D eigenvalue weighted by Crippen LogP contribution is 2.39. The number of alkyl halides is 6. The fraction of sp³-hybridized carbons (Fsp3) is 0.304. The van der Waals surface area contributed by atoms with Crippen molar-refractivity contribution >= 4 is 11.7 Å². The number of piperidine rings is 1. The number of halogens is 6. The predicted octanol–water partition coefficient (Wildman–Crippen LogP) is 5.25. The van der Waals surface area contributed by atoms with Crippen molar-refractivity contribution in [1.29, 1.82) is 0 Å². The van der Waals surface area contributed by atoms with Gasteiger partial charge in [0, 0.05) is 17.9 Å². The van der Waals surface area contributed by atoms with E-state index in [2.05, 4.69) is 10.3 Å². The van der Waals surface area contributed by atoms with Crippen molar-refractivity contribution in [1.82, 2.24) is 5.32 Å². The first-order chi connectivity index (χ1) is 16.0. The van der Waals surface area contributed by atoms with E-state index in [0.717, 1.165) is 11.1 Å². The van der Waals surface area contributed by atoms with Crippen LogP contribution in [0.4, 0.5) is 26.3 Å². The Hall–Kier alpha value is -3.50. The molecule has 1 amide bonds. The van der Waals surface area contributed by atoms with Crippen LogP contribution in [0, 0.1) is 0 Å². The van der Waals surface area contributed by atoms with Crippen LogP contribution in [0.15, 0.2) is 53.0 Å². The Labute approximate surface area is 190 Å². The Balaban J connectivity index is 1.59. The number of amides is 1. The lowest BCUT2D eigenvalue weighted by Crippen LogP contribution is -2.38. The van der Waals surface area contributed by atoms with Crippen molar-refractivity contribution in [3.8, 4) is 11.5 Å². The van der Waals surface area contributed by atoms with Gasteiger partial charge in [0.1, 0.15) is 12.4 Å². The Morgan fingerprint density at radius 3 is 2.29 bits per heavy atom. The van der Waals surface area contributed by atoms with Crippen LogP contribution < -0.4 is 14.8 Å². The number of hydrogen-bond acceptors (Lipinski definition) is 4. The van der Waals surface area contributed by atoms with E-state index in [1.54, 1.807) is 12.1 Å². The monoisotopic (exact) mass is 484 g/mol. The number of nitrogens with zero attached hydrogens (tertiary/aromatic N) is 1. The Morgan fingerprint density at radius 1 is 1.00 bits per heavy atom. The Bertz CT molecular complexity index is 1150. The summed E-state index contributed by atoms with van der Waals surface area (Å²) in [5.74, 6) is 0.420. The Morgan fingerprint density at radius 2 is 1.68 bits per heavy atom. The average Bonchev–Trinajstić information content (AvgIpc) is 3.24. The fourth-order valence-corrected chi connectivity index (χ4v) is 3.90. The topological polar surface area (TPSA) is 59.9 Å². The van der Waals surface area contributed by atoms with Crippen molar-refractivity contribution in [3.05, 3.63) is 70.3 Å². The number of nitrogens with one attached hydrogen (secondary N) is 1. The number of rotatable bonds is 5. The molecule has 180 valence electrons. The van der Waals surface area contributed by atoms with Crippen LogP contribution in [0.5, 0.6) is 11.5 Å². The molecule has 34 heavy (non-hydrogen) atoms. The van der Waals surface area contributed by atoms with Gasteiger partial charge in [0.05, 0.1) is 24.8 Å². The summed E-state index contributed by atoms with van der Waals surface area (Å²) in [6.45, 7) is -0.0901. The first-order valence-corrected chi connectivity index (χ1v) is 10.1. The number of hydrogen-bond donors (Lipinski definition) is 1. The van der Waals surface area contributed by atoms with Crippen molar-refractivity contribution in [2.45, 2.75) is 31.3 Å². The molecule has 2 aliphatic rings. The average molecular weight is 484 g/mol. The van der Waals surface area contributed by atoms with Gasteiger partial charge in [-0.2, -0.15) is 26.3 Å². The van der Waals surface area contributed by atoms with Crippen LogP contribution in [0.25, 0.3) is 0 Å². The molecule has 1 fully saturated rings. The van der Waals surface area contributed by atoms with E-state index >= 15 is 0 Å². The number of carbonyl (C=O) groups is 1. The maximum Gasteiger partial charge on any atom is 0.416 e. The van der Waals surface area contributed by atoms with Gasteiger partial charge in [-0.05, 0) is 41.5 Å². The van der Waals surface area contributed by atoms with Gasteiger partial charge in [-0.3, -0.25) is 9.79 Å². The summed E-state index contributed by atoms with van der Waals surface area (Å²) >= 11 is 0. The molecule has 0 radical (unpaired) electrons. The lowest BCUT2D eigenvalue weighted by molar-refractivity contribution is -0.143. The molecule has 1 saturated heterocycles. The van der Waals surface area contributed by atoms with Crippen molar-refractivity contribution in [3.63, 3.8) is 0 Å². The molecule has 0 aliphatic carbocycles. The second-order valence-electron chi connectivity index (χ2n) is 7.77. The maximum absolute atomic E-state index is 13.1. The summed E-state index contributed by atoms with van der Waals surface area (Å²) in [5, 5.41) is 2.71. The zero-order valence-corrected chi connectivity index (χ0v) is 17.7. The van der Waals surface area contributed by atoms with E-state index in [9.17, 15) is 31.1 Å². The molecule has 0 bridgehead atoms. The molecule has 0 spiro atoms. The van der Waals surface area contributed by atoms with Crippen molar-refractivity contribution in [2.75, 3.05) is 13.7 Å². The first kappa shape index (κ1) is 23.7. The molecule has 1 N–H and O–H groups in total. The first-order valence-electron chi connectivity index (χ1n) is 10.1. The van der Waals surface area contributed by atoms with Crippen LogP contribution in [0.1, 0.15) is 34.6 Å². The third kappa shape index (κ3) is 4.87. The summed E-state index contributed by atoms with van der Waals surface area (Å²) < 4.78 is 89.4. The summed E-state index contributed by atoms with van der Waals surface area (Å²) in [7, 11) is 1.35. The van der Waals surface area contributed by atoms with Gasteiger partial charge < -0.3 is 14.8 Å². The standard InChI is InChI=1S/C23H18F6N2O3/c1-33-19-8-13(17-10-20(32)31-21-16(17)4-5-30-21)2-3-18(19)34-11-12-6-14(22(24,25)26)9-15(7-12)23(27,28)29/h2-4,6-9,17H,5,10-11H2,1H3,(H,30,31,32). The lowest BCUT2D eigenvalue weighted by Gasteiger charge is -2.26. The third-order valence-corrected chi connectivity index (χ3v) is 5.49. The van der Waals surface area contributed by atoms with Crippen LogP contribution in [-0.2, 0) is 23.8 Å². The van der Waals surface area contributed by atoms with Gasteiger partial charge in [-0.1, -0.05) is 12.1 Å². The predicted molar refractivity (Wildman–Crippen MR) is 110 cm³/mol. The second kappa shape index (κ2) is 8.69. The van der Waals surface area contributed by atoms with Gasteiger partial charge in [-0.15, -0.1) is 0 Å². The number of fused-ring (bicyclic) bond motifs is 1. The minimum atomic E-state index is -4.95. The van der Waals surface area contributed by atoms with E-state index < -0.39 is 30.1 Å². The number of carbonyl (C=O) groups excluding carboxylic acids is 1. The number of methoxy groups -OCH3 is 1. The number of aliphatic imine (C=N–C) groups is 1. The summed E-state index contributed by atoms with van der Waals surface area (Å²) in [5.41, 5.74) is -1.52. The summed E-state index contributed by atoms with van der Waals surface area (Å²) in [6.07, 6.45) is -7.79.